The van der Waals surface area contributed by atoms with Crippen molar-refractivity contribution in [2.45, 2.75) is 97.9 Å². The van der Waals surface area contributed by atoms with Crippen LogP contribution in [0.1, 0.15) is 85.6 Å². The molecule has 0 bridgehead atoms. The number of rotatable bonds is 11. The van der Waals surface area contributed by atoms with E-state index in [2.05, 4.69) is 22.1 Å². The van der Waals surface area contributed by atoms with Crippen molar-refractivity contribution in [3.63, 3.8) is 0 Å². The zero-order chi connectivity index (χ0) is 29.2. The molecule has 1 saturated heterocycles. The van der Waals surface area contributed by atoms with Gasteiger partial charge >= 0.3 is 0 Å². The molecule has 3 N–H and O–H groups in total. The first kappa shape index (κ1) is 30.4. The monoisotopic (exact) mass is 573 g/mol. The smallest absolute Gasteiger partial charge is 0.253 e. The molecule has 2 aliphatic heterocycles. The highest BCUT2D eigenvalue weighted by molar-refractivity contribution is 6.32. The van der Waals surface area contributed by atoms with Crippen molar-refractivity contribution in [1.82, 2.24) is 15.2 Å². The molecule has 2 unspecified atom stereocenters. The first-order valence-electron chi connectivity index (χ1n) is 14.5. The van der Waals surface area contributed by atoms with Crippen molar-refractivity contribution < 1.29 is 19.4 Å². The van der Waals surface area contributed by atoms with E-state index >= 15 is 0 Å². The van der Waals surface area contributed by atoms with E-state index in [9.17, 15) is 14.7 Å². The van der Waals surface area contributed by atoms with Crippen molar-refractivity contribution in [1.29, 1.82) is 0 Å². The summed E-state index contributed by atoms with van der Waals surface area (Å²) in [5, 5.41) is 13.5. The number of benzene rings is 1. The van der Waals surface area contributed by atoms with Crippen LogP contribution in [0.15, 0.2) is 16.9 Å². The van der Waals surface area contributed by atoms with Crippen LogP contribution in [0.25, 0.3) is 0 Å². The van der Waals surface area contributed by atoms with Gasteiger partial charge < -0.3 is 24.9 Å². The highest BCUT2D eigenvalue weighted by atomic mass is 35.5. The van der Waals surface area contributed by atoms with E-state index in [4.69, 9.17) is 21.1 Å². The molecule has 0 saturated carbocycles. The third-order valence-electron chi connectivity index (χ3n) is 8.41. The Morgan fingerprint density at radius 1 is 1.23 bits per heavy atom. The van der Waals surface area contributed by atoms with Gasteiger partial charge in [0.15, 0.2) is 11.5 Å². The normalized spacial score (nSPS) is 18.4. The average molecular weight is 574 g/mol. The van der Waals surface area contributed by atoms with Gasteiger partial charge in [-0.1, -0.05) is 24.9 Å². The number of pyridine rings is 1. The third kappa shape index (κ3) is 6.84. The standard InChI is InChI=1S/C31H44ClN3O5/c1-7-9-22(35-15-21(16-35)31(5,6)38)10-8-11-23-17-39-28-26(32)13-24(20(4)27(28)40-23)29(36)33-14-25-18(2)12-19(3)34-30(25)37/h12-13,21-23,38H,7-11,14-17H2,1-6H3,(H,33,36)(H,34,37). The van der Waals surface area contributed by atoms with Crippen LogP contribution in [-0.4, -0.2) is 58.3 Å². The second kappa shape index (κ2) is 12.5. The maximum atomic E-state index is 13.1. The lowest BCUT2D eigenvalue weighted by atomic mass is 9.82. The maximum absolute atomic E-state index is 13.1. The molecule has 40 heavy (non-hydrogen) atoms. The number of aromatic amines is 1. The second-order valence-electron chi connectivity index (χ2n) is 12.0. The molecule has 1 amide bonds. The number of hydrogen-bond acceptors (Lipinski definition) is 6. The zero-order valence-corrected chi connectivity index (χ0v) is 25.4. The summed E-state index contributed by atoms with van der Waals surface area (Å²) in [5.41, 5.74) is 2.37. The zero-order valence-electron chi connectivity index (χ0n) is 24.7. The molecular weight excluding hydrogens is 530 g/mol. The molecule has 2 atom stereocenters. The molecule has 0 aliphatic carbocycles. The summed E-state index contributed by atoms with van der Waals surface area (Å²) < 4.78 is 12.4. The Morgan fingerprint density at radius 2 is 1.95 bits per heavy atom. The molecule has 3 heterocycles. The van der Waals surface area contributed by atoms with Gasteiger partial charge in [-0.05, 0) is 78.0 Å². The molecule has 1 aromatic heterocycles. The summed E-state index contributed by atoms with van der Waals surface area (Å²) in [6, 6.07) is 4.00. The van der Waals surface area contributed by atoms with Crippen LogP contribution < -0.4 is 20.3 Å². The predicted molar refractivity (Wildman–Crippen MR) is 158 cm³/mol. The van der Waals surface area contributed by atoms with E-state index in [0.29, 0.717) is 51.8 Å². The van der Waals surface area contributed by atoms with Gasteiger partial charge in [0, 0.05) is 54.0 Å². The lowest BCUT2D eigenvalue weighted by Gasteiger charge is -2.49. The number of fused-ring (bicyclic) bond motifs is 1. The van der Waals surface area contributed by atoms with E-state index in [1.54, 1.807) is 6.07 Å². The number of aromatic nitrogens is 1. The van der Waals surface area contributed by atoms with Crippen LogP contribution in [0.2, 0.25) is 5.02 Å². The van der Waals surface area contributed by atoms with Gasteiger partial charge in [-0.2, -0.15) is 0 Å². The number of carbonyl (C=O) groups excluding carboxylic acids is 1. The van der Waals surface area contributed by atoms with Crippen LogP contribution in [0.4, 0.5) is 0 Å². The Labute approximate surface area is 242 Å². The molecular formula is C31H44ClN3O5. The van der Waals surface area contributed by atoms with Crippen LogP contribution >= 0.6 is 11.6 Å². The van der Waals surface area contributed by atoms with Crippen molar-refractivity contribution in [3.8, 4) is 11.5 Å². The number of ether oxygens (including phenoxy) is 2. The summed E-state index contributed by atoms with van der Waals surface area (Å²) in [7, 11) is 0. The number of halogens is 1. The van der Waals surface area contributed by atoms with E-state index in [1.165, 1.54) is 0 Å². The number of likely N-dealkylation sites (tertiary alicyclic amines) is 1. The number of carbonyl (C=O) groups is 1. The number of amides is 1. The number of nitrogens with one attached hydrogen (secondary N) is 2. The Kier molecular flexibility index (Phi) is 9.53. The second-order valence-corrected chi connectivity index (χ2v) is 12.5. The van der Waals surface area contributed by atoms with Crippen LogP contribution in [0.3, 0.4) is 0 Å². The minimum Gasteiger partial charge on any atom is -0.484 e. The molecule has 220 valence electrons. The molecule has 4 rings (SSSR count). The summed E-state index contributed by atoms with van der Waals surface area (Å²) in [6.45, 7) is 14.0. The fraction of sp³-hybridized carbons (Fsp3) is 0.613. The highest BCUT2D eigenvalue weighted by Crippen LogP contribution is 2.43. The number of nitrogens with zero attached hydrogens (tertiary/aromatic N) is 1. The van der Waals surface area contributed by atoms with Gasteiger partial charge in [-0.15, -0.1) is 0 Å². The minimum atomic E-state index is -0.625. The quantitative estimate of drug-likeness (QED) is 0.347. The van der Waals surface area contributed by atoms with Gasteiger partial charge in [0.25, 0.3) is 11.5 Å². The van der Waals surface area contributed by atoms with Gasteiger partial charge in [-0.3, -0.25) is 14.5 Å². The minimum absolute atomic E-state index is 0.112. The van der Waals surface area contributed by atoms with Crippen LogP contribution in [0.5, 0.6) is 11.5 Å². The fourth-order valence-electron chi connectivity index (χ4n) is 5.78. The average Bonchev–Trinajstić information content (AvgIpc) is 2.83. The predicted octanol–water partition coefficient (Wildman–Crippen LogP) is 5.07. The van der Waals surface area contributed by atoms with Crippen LogP contribution in [0, 0.1) is 26.7 Å². The van der Waals surface area contributed by atoms with Gasteiger partial charge in [0.05, 0.1) is 10.6 Å². The van der Waals surface area contributed by atoms with Crippen molar-refractivity contribution in [2.75, 3.05) is 19.7 Å². The van der Waals surface area contributed by atoms with Crippen molar-refractivity contribution in [2.24, 2.45) is 5.92 Å². The number of aryl methyl sites for hydroxylation is 2. The molecule has 1 fully saturated rings. The lowest BCUT2D eigenvalue weighted by Crippen LogP contribution is -2.58. The first-order chi connectivity index (χ1) is 18.9. The number of aliphatic hydroxyl groups is 1. The highest BCUT2D eigenvalue weighted by Gasteiger charge is 2.40. The molecule has 1 aromatic carbocycles. The summed E-state index contributed by atoms with van der Waals surface area (Å²) in [5.74, 6) is 0.992. The Hall–Kier alpha value is -2.55. The van der Waals surface area contributed by atoms with Crippen molar-refractivity contribution >= 4 is 17.5 Å². The number of hydrogen-bond donors (Lipinski definition) is 3. The summed E-state index contributed by atoms with van der Waals surface area (Å²) in [6.07, 6.45) is 5.05. The van der Waals surface area contributed by atoms with E-state index in [0.717, 1.165) is 56.5 Å². The largest absolute Gasteiger partial charge is 0.484 e. The van der Waals surface area contributed by atoms with Gasteiger partial charge in [-0.25, -0.2) is 0 Å². The molecule has 0 radical (unpaired) electrons. The number of H-pyrrole nitrogens is 1. The van der Waals surface area contributed by atoms with E-state index in [1.807, 2.05) is 40.7 Å². The van der Waals surface area contributed by atoms with Gasteiger partial charge in [0.1, 0.15) is 12.7 Å². The molecule has 2 aliphatic rings. The summed E-state index contributed by atoms with van der Waals surface area (Å²) in [4.78, 5) is 30.8. The Morgan fingerprint density at radius 3 is 2.60 bits per heavy atom. The molecule has 9 heteroatoms. The first-order valence-corrected chi connectivity index (χ1v) is 14.8. The SMILES string of the molecule is CCCC(CCCC1COc2c(Cl)cc(C(=O)NCc3c(C)cc(C)[nH]c3=O)c(C)c2O1)N1CC(C(C)(C)O)C1. The molecule has 8 nitrogen and oxygen atoms in total. The topological polar surface area (TPSA) is 104 Å². The van der Waals surface area contributed by atoms with Crippen LogP contribution in [-0.2, 0) is 6.54 Å². The van der Waals surface area contributed by atoms with Crippen molar-refractivity contribution in [3.05, 3.63) is 55.5 Å². The lowest BCUT2D eigenvalue weighted by molar-refractivity contribution is -0.0794. The van der Waals surface area contributed by atoms with Gasteiger partial charge in [0.2, 0.25) is 0 Å². The maximum Gasteiger partial charge on any atom is 0.253 e. The fourth-order valence-corrected chi connectivity index (χ4v) is 6.03. The Bertz CT molecular complexity index is 1280. The summed E-state index contributed by atoms with van der Waals surface area (Å²) >= 11 is 6.51. The molecule has 2 aromatic rings. The third-order valence-corrected chi connectivity index (χ3v) is 8.69. The van der Waals surface area contributed by atoms with E-state index in [-0.39, 0.29) is 24.1 Å². The molecule has 0 spiro atoms. The Balaban J connectivity index is 1.37. The van der Waals surface area contributed by atoms with E-state index < -0.39 is 5.60 Å².